The number of fused-ring (bicyclic) bond motifs is 1. The Bertz CT molecular complexity index is 1230. The molecular formula is C24H16BrClF3NO3. The first-order valence-electron chi connectivity index (χ1n) is 9.81. The fourth-order valence-corrected chi connectivity index (χ4v) is 4.64. The normalized spacial score (nSPS) is 18.2. The topological polar surface area (TPSA) is 57.6 Å². The monoisotopic (exact) mass is 537 g/mol. The van der Waals surface area contributed by atoms with Crippen molar-refractivity contribution in [1.29, 1.82) is 0 Å². The van der Waals surface area contributed by atoms with Crippen LogP contribution in [0.2, 0.25) is 5.02 Å². The van der Waals surface area contributed by atoms with E-state index in [0.29, 0.717) is 11.1 Å². The van der Waals surface area contributed by atoms with Crippen LogP contribution in [0.3, 0.4) is 0 Å². The van der Waals surface area contributed by atoms with Crippen LogP contribution in [-0.2, 0) is 17.5 Å². The van der Waals surface area contributed by atoms with E-state index in [4.69, 9.17) is 11.6 Å². The van der Waals surface area contributed by atoms with Crippen molar-refractivity contribution < 1.29 is 27.9 Å². The molecule has 0 saturated heterocycles. The molecule has 0 bridgehead atoms. The Morgan fingerprint density at radius 2 is 1.73 bits per heavy atom. The van der Waals surface area contributed by atoms with E-state index in [2.05, 4.69) is 15.9 Å². The van der Waals surface area contributed by atoms with Gasteiger partial charge in [-0.15, -0.1) is 0 Å². The Balaban J connectivity index is 1.86. The minimum atomic E-state index is -4.67. The van der Waals surface area contributed by atoms with Crippen molar-refractivity contribution in [3.63, 3.8) is 0 Å². The van der Waals surface area contributed by atoms with Crippen molar-refractivity contribution in [1.82, 2.24) is 4.90 Å². The van der Waals surface area contributed by atoms with Crippen molar-refractivity contribution in [2.24, 2.45) is 0 Å². The summed E-state index contributed by atoms with van der Waals surface area (Å²) in [4.78, 5) is 27.2. The van der Waals surface area contributed by atoms with Gasteiger partial charge >= 0.3 is 12.1 Å². The van der Waals surface area contributed by atoms with Crippen molar-refractivity contribution in [2.75, 3.05) is 0 Å². The van der Waals surface area contributed by atoms with Gasteiger partial charge in [0.2, 0.25) is 0 Å². The molecule has 1 aliphatic heterocycles. The van der Waals surface area contributed by atoms with Crippen LogP contribution in [0.1, 0.15) is 44.6 Å². The number of carboxylic acid groups (broad SMARTS) is 1. The van der Waals surface area contributed by atoms with Gasteiger partial charge in [0.25, 0.3) is 5.91 Å². The molecule has 9 heteroatoms. The van der Waals surface area contributed by atoms with E-state index in [9.17, 15) is 27.9 Å². The van der Waals surface area contributed by atoms with Gasteiger partial charge in [0.1, 0.15) is 5.92 Å². The van der Waals surface area contributed by atoms with Gasteiger partial charge < -0.3 is 10.0 Å². The molecule has 4 nitrogen and oxygen atoms in total. The van der Waals surface area contributed by atoms with E-state index in [1.807, 2.05) is 0 Å². The minimum absolute atomic E-state index is 0.186. The van der Waals surface area contributed by atoms with E-state index in [0.717, 1.165) is 16.6 Å². The number of aliphatic carboxylic acids is 1. The summed E-state index contributed by atoms with van der Waals surface area (Å²) >= 11 is 9.08. The fourth-order valence-electron chi connectivity index (χ4n) is 4.15. The molecule has 0 saturated carbocycles. The lowest BCUT2D eigenvalue weighted by Crippen LogP contribution is -2.44. The number of benzene rings is 3. The van der Waals surface area contributed by atoms with Gasteiger partial charge in [-0.25, -0.2) is 0 Å². The summed E-state index contributed by atoms with van der Waals surface area (Å²) in [6.45, 7) is -0.224. The Labute approximate surface area is 200 Å². The first-order chi connectivity index (χ1) is 15.6. The second-order valence-electron chi connectivity index (χ2n) is 7.64. The number of carbonyl (C=O) groups excluding carboxylic acids is 1. The lowest BCUT2D eigenvalue weighted by molar-refractivity contribution is -0.140. The molecule has 1 N–H and O–H groups in total. The van der Waals surface area contributed by atoms with E-state index in [1.165, 1.54) is 17.0 Å². The van der Waals surface area contributed by atoms with Gasteiger partial charge in [0.15, 0.2) is 0 Å². The lowest BCUT2D eigenvalue weighted by atomic mass is 9.79. The Kier molecular flexibility index (Phi) is 6.24. The average Bonchev–Trinajstić information content (AvgIpc) is 2.76. The number of halogens is 5. The molecule has 170 valence electrons. The standard InChI is InChI=1S/C24H16BrClF3NO3/c25-15-8-6-14(7-9-15)21-20(23(32)33)16-3-1-2-4-17(16)22(31)30(21)12-13-5-10-19(26)18(11-13)24(27,28)29/h1-11,20-21H,12H2,(H,32,33). The molecule has 0 spiro atoms. The van der Waals surface area contributed by atoms with Crippen molar-refractivity contribution >= 4 is 39.4 Å². The highest BCUT2D eigenvalue weighted by Crippen LogP contribution is 2.44. The van der Waals surface area contributed by atoms with Crippen LogP contribution in [0.5, 0.6) is 0 Å². The van der Waals surface area contributed by atoms with Crippen molar-refractivity contribution in [3.8, 4) is 0 Å². The zero-order valence-electron chi connectivity index (χ0n) is 16.8. The molecule has 0 aromatic heterocycles. The largest absolute Gasteiger partial charge is 0.481 e. The number of hydrogen-bond donors (Lipinski definition) is 1. The summed E-state index contributed by atoms with van der Waals surface area (Å²) in [5, 5.41) is 9.67. The molecule has 2 unspecified atom stereocenters. The number of alkyl halides is 3. The molecule has 3 aromatic carbocycles. The zero-order valence-corrected chi connectivity index (χ0v) is 19.2. The molecule has 1 heterocycles. The third-order valence-corrected chi connectivity index (χ3v) is 6.46. The predicted molar refractivity (Wildman–Crippen MR) is 120 cm³/mol. The fraction of sp³-hybridized carbons (Fsp3) is 0.167. The van der Waals surface area contributed by atoms with Crippen LogP contribution in [0.25, 0.3) is 0 Å². The van der Waals surface area contributed by atoms with E-state index in [-0.39, 0.29) is 17.7 Å². The van der Waals surface area contributed by atoms with Crippen LogP contribution in [0.4, 0.5) is 13.2 Å². The Hall–Kier alpha value is -2.84. The maximum atomic E-state index is 13.5. The third kappa shape index (κ3) is 4.50. The maximum Gasteiger partial charge on any atom is 0.417 e. The number of carboxylic acids is 1. The zero-order chi connectivity index (χ0) is 23.9. The van der Waals surface area contributed by atoms with Crippen molar-refractivity contribution in [3.05, 3.63) is 104 Å². The van der Waals surface area contributed by atoms with Gasteiger partial charge in [0, 0.05) is 16.6 Å². The molecule has 1 aliphatic rings. The second-order valence-corrected chi connectivity index (χ2v) is 8.97. The Morgan fingerprint density at radius 1 is 1.06 bits per heavy atom. The highest BCUT2D eigenvalue weighted by molar-refractivity contribution is 9.10. The summed E-state index contributed by atoms with van der Waals surface area (Å²) in [6, 6.07) is 15.7. The molecular weight excluding hydrogens is 523 g/mol. The lowest BCUT2D eigenvalue weighted by Gasteiger charge is -2.41. The van der Waals surface area contributed by atoms with E-state index in [1.54, 1.807) is 42.5 Å². The summed E-state index contributed by atoms with van der Waals surface area (Å²) in [7, 11) is 0. The van der Waals surface area contributed by atoms with Crippen LogP contribution < -0.4 is 0 Å². The predicted octanol–water partition coefficient (Wildman–Crippen LogP) is 6.69. The number of amides is 1. The average molecular weight is 539 g/mol. The molecule has 1 amide bonds. The molecule has 0 fully saturated rings. The van der Waals surface area contributed by atoms with Gasteiger partial charge in [-0.2, -0.15) is 13.2 Å². The first kappa shape index (κ1) is 23.3. The number of carbonyl (C=O) groups is 2. The maximum absolute atomic E-state index is 13.5. The third-order valence-electron chi connectivity index (χ3n) is 5.61. The highest BCUT2D eigenvalue weighted by Gasteiger charge is 2.44. The second kappa shape index (κ2) is 8.83. The summed E-state index contributed by atoms with van der Waals surface area (Å²) in [5.41, 5.74) is 0.306. The summed E-state index contributed by atoms with van der Waals surface area (Å²) in [5.74, 6) is -2.70. The van der Waals surface area contributed by atoms with Gasteiger partial charge in [-0.05, 0) is 47.0 Å². The molecule has 0 aliphatic carbocycles. The first-order valence-corrected chi connectivity index (χ1v) is 11.0. The molecule has 4 rings (SSSR count). The van der Waals surface area contributed by atoms with Gasteiger partial charge in [0.05, 0.1) is 16.6 Å². The molecule has 2 atom stereocenters. The van der Waals surface area contributed by atoms with Gasteiger partial charge in [-0.3, -0.25) is 9.59 Å². The van der Waals surface area contributed by atoms with Crippen molar-refractivity contribution in [2.45, 2.75) is 24.7 Å². The summed E-state index contributed by atoms with van der Waals surface area (Å²) < 4.78 is 40.9. The number of nitrogens with zero attached hydrogens (tertiary/aromatic N) is 1. The van der Waals surface area contributed by atoms with Crippen LogP contribution >= 0.6 is 27.5 Å². The molecule has 0 radical (unpaired) electrons. The van der Waals surface area contributed by atoms with Crippen LogP contribution in [0.15, 0.2) is 71.2 Å². The quantitative estimate of drug-likeness (QED) is 0.403. The van der Waals surface area contributed by atoms with Crippen LogP contribution in [-0.4, -0.2) is 21.9 Å². The Morgan fingerprint density at radius 3 is 2.36 bits per heavy atom. The number of hydrogen-bond acceptors (Lipinski definition) is 2. The van der Waals surface area contributed by atoms with Gasteiger partial charge in [-0.1, -0.05) is 63.9 Å². The number of rotatable bonds is 4. The van der Waals surface area contributed by atoms with E-state index >= 15 is 0 Å². The van der Waals surface area contributed by atoms with E-state index < -0.39 is 40.6 Å². The SMILES string of the molecule is O=C(O)C1c2ccccc2C(=O)N(Cc2ccc(Cl)c(C(F)(F)F)c2)C1c1ccc(Br)cc1. The molecule has 3 aromatic rings. The molecule has 33 heavy (non-hydrogen) atoms. The van der Waals surface area contributed by atoms with Crippen LogP contribution in [0, 0.1) is 0 Å². The smallest absolute Gasteiger partial charge is 0.417 e. The summed E-state index contributed by atoms with van der Waals surface area (Å²) in [6.07, 6.45) is -4.67. The highest BCUT2D eigenvalue weighted by atomic mass is 79.9. The minimum Gasteiger partial charge on any atom is -0.481 e.